The van der Waals surface area contributed by atoms with Crippen LogP contribution < -0.4 is 10.1 Å². The van der Waals surface area contributed by atoms with E-state index in [4.69, 9.17) is 4.74 Å². The van der Waals surface area contributed by atoms with Crippen LogP contribution in [0.3, 0.4) is 0 Å². The molecule has 0 aromatic heterocycles. The zero-order valence-electron chi connectivity index (χ0n) is 16.6. The number of nitrogens with zero attached hydrogens (tertiary/aromatic N) is 1. The number of thioether (sulfide) groups is 1. The van der Waals surface area contributed by atoms with Crippen LogP contribution in [0.25, 0.3) is 0 Å². The fraction of sp³-hybridized carbons (Fsp3) is 0.333. The number of carbonyl (C=O) groups excluding carboxylic acids is 2. The zero-order chi connectivity index (χ0) is 22.1. The molecule has 2 atom stereocenters. The molecule has 3 rings (SSSR count). The van der Waals surface area contributed by atoms with Gasteiger partial charge in [-0.15, -0.1) is 11.8 Å². The molecule has 0 radical (unpaired) electrons. The van der Waals surface area contributed by atoms with Crippen molar-refractivity contribution in [2.24, 2.45) is 0 Å². The Bertz CT molecular complexity index is 965. The molecule has 5 nitrogen and oxygen atoms in total. The van der Waals surface area contributed by atoms with Crippen LogP contribution in [0.4, 0.5) is 18.9 Å². The summed E-state index contributed by atoms with van der Waals surface area (Å²) in [7, 11) is 3.20. The fourth-order valence-corrected chi connectivity index (χ4v) is 4.28. The molecule has 0 spiro atoms. The molecule has 9 heteroatoms. The minimum Gasteiger partial charge on any atom is -0.496 e. The van der Waals surface area contributed by atoms with E-state index >= 15 is 0 Å². The van der Waals surface area contributed by atoms with Crippen LogP contribution in [-0.2, 0) is 15.8 Å². The van der Waals surface area contributed by atoms with E-state index in [-0.39, 0.29) is 24.1 Å². The summed E-state index contributed by atoms with van der Waals surface area (Å²) in [6, 6.07) is 10.3. The van der Waals surface area contributed by atoms with E-state index in [2.05, 4.69) is 5.32 Å². The normalized spacial score (nSPS) is 17.0. The highest BCUT2D eigenvalue weighted by Gasteiger charge is 2.35. The number of amides is 2. The van der Waals surface area contributed by atoms with Crippen molar-refractivity contribution >= 4 is 29.3 Å². The summed E-state index contributed by atoms with van der Waals surface area (Å²) in [5.74, 6) is -0.0845. The van der Waals surface area contributed by atoms with E-state index in [1.54, 1.807) is 20.2 Å². The molecule has 30 heavy (non-hydrogen) atoms. The van der Waals surface area contributed by atoms with Gasteiger partial charge in [-0.1, -0.05) is 18.2 Å². The second-order valence-corrected chi connectivity index (χ2v) is 8.18. The van der Waals surface area contributed by atoms with Crippen molar-refractivity contribution in [3.8, 4) is 5.75 Å². The number of anilines is 1. The summed E-state index contributed by atoms with van der Waals surface area (Å²) in [6.45, 7) is 1.86. The average Bonchev–Trinajstić information content (AvgIpc) is 2.72. The van der Waals surface area contributed by atoms with Crippen LogP contribution in [0.1, 0.15) is 30.5 Å². The van der Waals surface area contributed by atoms with Gasteiger partial charge < -0.3 is 15.0 Å². The molecule has 2 aromatic carbocycles. The lowest BCUT2D eigenvalue weighted by atomic mass is 10.1. The van der Waals surface area contributed by atoms with Crippen molar-refractivity contribution < 1.29 is 27.5 Å². The van der Waals surface area contributed by atoms with Gasteiger partial charge in [-0.25, -0.2) is 0 Å². The largest absolute Gasteiger partial charge is 0.496 e. The molecule has 0 saturated heterocycles. The van der Waals surface area contributed by atoms with Crippen LogP contribution in [0.2, 0.25) is 0 Å². The van der Waals surface area contributed by atoms with Gasteiger partial charge >= 0.3 is 6.18 Å². The number of carbonyl (C=O) groups is 2. The predicted molar refractivity (Wildman–Crippen MR) is 109 cm³/mol. The predicted octanol–water partition coefficient (Wildman–Crippen LogP) is 4.74. The Morgan fingerprint density at radius 3 is 2.63 bits per heavy atom. The molecule has 0 bridgehead atoms. The highest BCUT2D eigenvalue weighted by atomic mass is 32.2. The molecular weight excluding hydrogens is 417 g/mol. The Morgan fingerprint density at radius 2 is 1.97 bits per heavy atom. The van der Waals surface area contributed by atoms with E-state index in [0.29, 0.717) is 10.6 Å². The maximum absolute atomic E-state index is 12.9. The molecule has 2 amide bonds. The van der Waals surface area contributed by atoms with Gasteiger partial charge in [0, 0.05) is 23.9 Å². The van der Waals surface area contributed by atoms with Gasteiger partial charge in [0.05, 0.1) is 29.7 Å². The van der Waals surface area contributed by atoms with E-state index in [1.165, 1.54) is 11.0 Å². The van der Waals surface area contributed by atoms with Gasteiger partial charge in [0.25, 0.3) is 0 Å². The van der Waals surface area contributed by atoms with Gasteiger partial charge in [0.1, 0.15) is 5.75 Å². The third-order valence-corrected chi connectivity index (χ3v) is 6.32. The second-order valence-electron chi connectivity index (χ2n) is 6.93. The van der Waals surface area contributed by atoms with Crippen molar-refractivity contribution in [2.75, 3.05) is 19.5 Å². The molecule has 1 aliphatic heterocycles. The molecule has 0 aliphatic carbocycles. The van der Waals surface area contributed by atoms with Crippen LogP contribution >= 0.6 is 11.8 Å². The minimum absolute atomic E-state index is 0.0764. The third kappa shape index (κ3) is 4.56. The number of hydrogen-bond acceptors (Lipinski definition) is 4. The average molecular weight is 438 g/mol. The van der Waals surface area contributed by atoms with E-state index in [0.717, 1.165) is 29.5 Å². The lowest BCUT2D eigenvalue weighted by Gasteiger charge is -2.29. The Morgan fingerprint density at radius 1 is 1.27 bits per heavy atom. The van der Waals surface area contributed by atoms with Crippen LogP contribution in [-0.4, -0.2) is 36.1 Å². The third-order valence-electron chi connectivity index (χ3n) is 5.05. The van der Waals surface area contributed by atoms with Crippen molar-refractivity contribution in [1.29, 1.82) is 0 Å². The number of para-hydroxylation sites is 1. The van der Waals surface area contributed by atoms with Crippen molar-refractivity contribution in [2.45, 2.75) is 35.7 Å². The Balaban J connectivity index is 1.72. The first kappa shape index (κ1) is 22.0. The second kappa shape index (κ2) is 8.59. The van der Waals surface area contributed by atoms with E-state index in [9.17, 15) is 22.8 Å². The maximum atomic E-state index is 12.9. The number of hydrogen-bond donors (Lipinski definition) is 1. The zero-order valence-corrected chi connectivity index (χ0v) is 17.4. The van der Waals surface area contributed by atoms with Gasteiger partial charge in [-0.3, -0.25) is 9.59 Å². The maximum Gasteiger partial charge on any atom is 0.416 e. The molecule has 1 N–H and O–H groups in total. The molecule has 160 valence electrons. The first-order valence-corrected chi connectivity index (χ1v) is 10.1. The summed E-state index contributed by atoms with van der Waals surface area (Å²) < 4.78 is 44.0. The van der Waals surface area contributed by atoms with Crippen LogP contribution in [0.15, 0.2) is 47.4 Å². The number of methoxy groups -OCH3 is 1. The molecule has 1 aliphatic rings. The van der Waals surface area contributed by atoms with Gasteiger partial charge in [0.15, 0.2) is 0 Å². The lowest BCUT2D eigenvalue weighted by Crippen LogP contribution is -2.37. The first-order valence-electron chi connectivity index (χ1n) is 9.19. The van der Waals surface area contributed by atoms with E-state index in [1.807, 2.05) is 25.1 Å². The minimum atomic E-state index is -4.49. The van der Waals surface area contributed by atoms with Crippen molar-refractivity contribution in [3.63, 3.8) is 0 Å². The van der Waals surface area contributed by atoms with Gasteiger partial charge in [-0.05, 0) is 31.2 Å². The van der Waals surface area contributed by atoms with Crippen molar-refractivity contribution in [1.82, 2.24) is 4.90 Å². The number of benzene rings is 2. The fourth-order valence-electron chi connectivity index (χ4n) is 3.20. The Hall–Kier alpha value is -2.68. The van der Waals surface area contributed by atoms with Crippen LogP contribution in [0.5, 0.6) is 5.75 Å². The summed E-state index contributed by atoms with van der Waals surface area (Å²) in [4.78, 5) is 27.3. The van der Waals surface area contributed by atoms with Crippen molar-refractivity contribution in [3.05, 3.63) is 53.6 Å². The van der Waals surface area contributed by atoms with E-state index < -0.39 is 22.9 Å². The standard InChI is InChI=1S/C21H21F3N2O3S/c1-12(14-6-4-5-7-16(14)29-3)26(2)19(27)11-18-20(28)25-15-10-13(21(22,23)24)8-9-17(15)30-18/h4-10,12,18H,11H2,1-3H3,(H,25,28). The number of ether oxygens (including phenoxy) is 1. The smallest absolute Gasteiger partial charge is 0.416 e. The quantitative estimate of drug-likeness (QED) is 0.733. The first-order chi connectivity index (χ1) is 14.1. The number of nitrogens with one attached hydrogen (secondary N) is 1. The molecule has 0 fully saturated rings. The van der Waals surface area contributed by atoms with Crippen LogP contribution in [0, 0.1) is 0 Å². The lowest BCUT2D eigenvalue weighted by molar-refractivity contribution is -0.137. The van der Waals surface area contributed by atoms with Gasteiger partial charge in [0.2, 0.25) is 11.8 Å². The molecular formula is C21H21F3N2O3S. The summed E-state index contributed by atoms with van der Waals surface area (Å²) in [6.07, 6.45) is -4.57. The topological polar surface area (TPSA) is 58.6 Å². The number of fused-ring (bicyclic) bond motifs is 1. The number of rotatable bonds is 5. The molecule has 2 aromatic rings. The summed E-state index contributed by atoms with van der Waals surface area (Å²) in [5, 5.41) is 1.77. The highest BCUT2D eigenvalue weighted by Crippen LogP contribution is 2.41. The summed E-state index contributed by atoms with van der Waals surface area (Å²) >= 11 is 1.09. The Kier molecular flexibility index (Phi) is 6.30. The monoisotopic (exact) mass is 438 g/mol. The van der Waals surface area contributed by atoms with Gasteiger partial charge in [-0.2, -0.15) is 13.2 Å². The number of halogens is 3. The SMILES string of the molecule is COc1ccccc1C(C)N(C)C(=O)CC1Sc2ccc(C(F)(F)F)cc2NC1=O. The molecule has 1 heterocycles. The molecule has 2 unspecified atom stereocenters. The Labute approximate surface area is 176 Å². The highest BCUT2D eigenvalue weighted by molar-refractivity contribution is 8.01. The summed E-state index contributed by atoms with van der Waals surface area (Å²) in [5.41, 5.74) is 0.114. The molecule has 0 saturated carbocycles. The number of alkyl halides is 3.